The van der Waals surface area contributed by atoms with Gasteiger partial charge in [0.2, 0.25) is 0 Å². The molecule has 0 saturated heterocycles. The van der Waals surface area contributed by atoms with Gasteiger partial charge in [-0.2, -0.15) is 0 Å². The van der Waals surface area contributed by atoms with Crippen LogP contribution in [0.4, 0.5) is 0 Å². The first-order chi connectivity index (χ1) is 6.74. The summed E-state index contributed by atoms with van der Waals surface area (Å²) in [7, 11) is 0. The van der Waals surface area contributed by atoms with Gasteiger partial charge in [0.05, 0.1) is 5.69 Å². The van der Waals surface area contributed by atoms with Crippen molar-refractivity contribution < 1.29 is 0 Å². The minimum atomic E-state index is 0. The van der Waals surface area contributed by atoms with Crippen molar-refractivity contribution in [3.63, 3.8) is 0 Å². The molecule has 0 unspecified atom stereocenters. The van der Waals surface area contributed by atoms with Crippen LogP contribution in [0.15, 0.2) is 18.2 Å². The van der Waals surface area contributed by atoms with Crippen molar-refractivity contribution in [2.45, 2.75) is 32.2 Å². The fraction of sp³-hybridized carbons (Fsp3) is 0.545. The molecule has 3 nitrogen and oxygen atoms in total. The zero-order chi connectivity index (χ0) is 10.4. The Morgan fingerprint density at radius 2 is 2.07 bits per heavy atom. The molecule has 1 aromatic rings. The largest absolute Gasteiger partial charge is 0.330 e. The van der Waals surface area contributed by atoms with Gasteiger partial charge >= 0.3 is 0 Å². The zero-order valence-electron chi connectivity index (χ0n) is 9.15. The van der Waals surface area contributed by atoms with Crippen LogP contribution in [0, 0.1) is 6.92 Å². The third-order valence-corrected chi connectivity index (χ3v) is 2.26. The first kappa shape index (κ1) is 14.4. The summed E-state index contributed by atoms with van der Waals surface area (Å²) in [5.41, 5.74) is 13.4. The molecular weight excluding hydrogens is 210 g/mol. The van der Waals surface area contributed by atoms with Crippen molar-refractivity contribution in [1.82, 2.24) is 4.98 Å². The molecule has 0 aromatic carbocycles. The van der Waals surface area contributed by atoms with Crippen LogP contribution in [-0.4, -0.2) is 11.5 Å². The minimum absolute atomic E-state index is 0. The van der Waals surface area contributed by atoms with Gasteiger partial charge in [-0.1, -0.05) is 12.5 Å². The van der Waals surface area contributed by atoms with E-state index in [9.17, 15) is 0 Å². The maximum absolute atomic E-state index is 6.00. The SMILES string of the molecule is Cc1cccc([C@H](N)CCCCN)n1.Cl. The standard InChI is InChI=1S/C11H19N3.ClH/c1-9-5-4-7-11(14-9)10(13)6-2-3-8-12;/h4-5,7,10H,2-3,6,8,12-13H2,1H3;1H/t10-;/m1./s1. The summed E-state index contributed by atoms with van der Waals surface area (Å²) in [5.74, 6) is 0. The van der Waals surface area contributed by atoms with Gasteiger partial charge in [0, 0.05) is 11.7 Å². The van der Waals surface area contributed by atoms with Crippen LogP contribution < -0.4 is 11.5 Å². The van der Waals surface area contributed by atoms with Crippen molar-refractivity contribution >= 4 is 12.4 Å². The first-order valence-electron chi connectivity index (χ1n) is 5.13. The summed E-state index contributed by atoms with van der Waals surface area (Å²) in [6.45, 7) is 2.73. The molecule has 1 heterocycles. The Balaban J connectivity index is 0.00000196. The Labute approximate surface area is 97.7 Å². The molecule has 1 aromatic heterocycles. The molecular formula is C11H20ClN3. The van der Waals surface area contributed by atoms with Gasteiger partial charge in [0.1, 0.15) is 0 Å². The molecule has 0 spiro atoms. The highest BCUT2D eigenvalue weighted by Crippen LogP contribution is 2.14. The van der Waals surface area contributed by atoms with E-state index in [1.165, 1.54) is 0 Å². The number of hydrogen-bond acceptors (Lipinski definition) is 3. The molecule has 1 rings (SSSR count). The highest BCUT2D eigenvalue weighted by Gasteiger charge is 2.06. The van der Waals surface area contributed by atoms with Crippen LogP contribution >= 0.6 is 12.4 Å². The molecule has 0 radical (unpaired) electrons. The van der Waals surface area contributed by atoms with Crippen molar-refractivity contribution in [1.29, 1.82) is 0 Å². The smallest absolute Gasteiger partial charge is 0.0574 e. The van der Waals surface area contributed by atoms with Crippen LogP contribution in [0.25, 0.3) is 0 Å². The third kappa shape index (κ3) is 5.11. The number of pyridine rings is 1. The lowest BCUT2D eigenvalue weighted by Crippen LogP contribution is -2.13. The average Bonchev–Trinajstić information content (AvgIpc) is 2.18. The molecule has 0 aliphatic rings. The monoisotopic (exact) mass is 229 g/mol. The first-order valence-corrected chi connectivity index (χ1v) is 5.13. The van der Waals surface area contributed by atoms with E-state index in [4.69, 9.17) is 11.5 Å². The van der Waals surface area contributed by atoms with Crippen molar-refractivity contribution in [2.75, 3.05) is 6.54 Å². The molecule has 1 atom stereocenters. The molecule has 0 aliphatic carbocycles. The van der Waals surface area contributed by atoms with Gasteiger partial charge in [0.25, 0.3) is 0 Å². The Morgan fingerprint density at radius 3 is 2.67 bits per heavy atom. The number of aromatic nitrogens is 1. The zero-order valence-corrected chi connectivity index (χ0v) is 9.96. The second-order valence-electron chi connectivity index (χ2n) is 3.59. The lowest BCUT2D eigenvalue weighted by atomic mass is 10.1. The van der Waals surface area contributed by atoms with E-state index < -0.39 is 0 Å². The number of nitrogens with zero attached hydrogens (tertiary/aromatic N) is 1. The van der Waals surface area contributed by atoms with E-state index in [2.05, 4.69) is 4.98 Å². The maximum Gasteiger partial charge on any atom is 0.0574 e. The summed E-state index contributed by atoms with van der Waals surface area (Å²) in [6, 6.07) is 6.03. The molecule has 86 valence electrons. The van der Waals surface area contributed by atoms with E-state index in [-0.39, 0.29) is 18.4 Å². The number of halogens is 1. The Morgan fingerprint density at radius 1 is 1.33 bits per heavy atom. The minimum Gasteiger partial charge on any atom is -0.330 e. The van der Waals surface area contributed by atoms with Gasteiger partial charge in [-0.05, 0) is 38.4 Å². The van der Waals surface area contributed by atoms with E-state index in [0.29, 0.717) is 0 Å². The highest BCUT2D eigenvalue weighted by atomic mass is 35.5. The van der Waals surface area contributed by atoms with Gasteiger partial charge in [-0.25, -0.2) is 0 Å². The van der Waals surface area contributed by atoms with Crippen molar-refractivity contribution in [3.05, 3.63) is 29.6 Å². The molecule has 4 heteroatoms. The van der Waals surface area contributed by atoms with E-state index >= 15 is 0 Å². The van der Waals surface area contributed by atoms with Gasteiger partial charge in [-0.15, -0.1) is 12.4 Å². The summed E-state index contributed by atoms with van der Waals surface area (Å²) in [4.78, 5) is 4.40. The quantitative estimate of drug-likeness (QED) is 0.759. The predicted molar refractivity (Wildman–Crippen MR) is 66.1 cm³/mol. The number of rotatable bonds is 5. The predicted octanol–water partition coefficient (Wildman–Crippen LogP) is 1.94. The number of aryl methyl sites for hydroxylation is 1. The van der Waals surface area contributed by atoms with Crippen molar-refractivity contribution in [2.24, 2.45) is 11.5 Å². The van der Waals surface area contributed by atoms with Gasteiger partial charge in [0.15, 0.2) is 0 Å². The molecule has 0 saturated carbocycles. The second-order valence-corrected chi connectivity index (χ2v) is 3.59. The van der Waals surface area contributed by atoms with Crippen molar-refractivity contribution in [3.8, 4) is 0 Å². The van der Waals surface area contributed by atoms with E-state index in [1.54, 1.807) is 0 Å². The van der Waals surface area contributed by atoms with Crippen LogP contribution in [0.2, 0.25) is 0 Å². The van der Waals surface area contributed by atoms with Crippen LogP contribution in [0.1, 0.15) is 36.7 Å². The Hall–Kier alpha value is -0.640. The average molecular weight is 230 g/mol. The van der Waals surface area contributed by atoms with E-state index in [1.807, 2.05) is 25.1 Å². The normalized spacial score (nSPS) is 11.9. The molecule has 0 aliphatic heterocycles. The van der Waals surface area contributed by atoms with E-state index in [0.717, 1.165) is 37.2 Å². The lowest BCUT2D eigenvalue weighted by Gasteiger charge is -2.10. The number of unbranched alkanes of at least 4 members (excludes halogenated alkanes) is 1. The summed E-state index contributed by atoms with van der Waals surface area (Å²) >= 11 is 0. The maximum atomic E-state index is 6.00. The molecule has 0 amide bonds. The third-order valence-electron chi connectivity index (χ3n) is 2.26. The fourth-order valence-electron chi connectivity index (χ4n) is 1.43. The molecule has 0 fully saturated rings. The molecule has 15 heavy (non-hydrogen) atoms. The molecule has 0 bridgehead atoms. The fourth-order valence-corrected chi connectivity index (χ4v) is 1.43. The number of hydrogen-bond donors (Lipinski definition) is 2. The van der Waals surface area contributed by atoms with Gasteiger partial charge < -0.3 is 11.5 Å². The van der Waals surface area contributed by atoms with Crippen LogP contribution in [0.5, 0.6) is 0 Å². The topological polar surface area (TPSA) is 64.9 Å². The summed E-state index contributed by atoms with van der Waals surface area (Å²) < 4.78 is 0. The lowest BCUT2D eigenvalue weighted by molar-refractivity contribution is 0.578. The highest BCUT2D eigenvalue weighted by molar-refractivity contribution is 5.85. The number of nitrogens with two attached hydrogens (primary N) is 2. The van der Waals surface area contributed by atoms with Gasteiger partial charge in [-0.3, -0.25) is 4.98 Å². The van der Waals surface area contributed by atoms with Crippen LogP contribution in [0.3, 0.4) is 0 Å². The summed E-state index contributed by atoms with van der Waals surface area (Å²) in [6.07, 6.45) is 3.08. The summed E-state index contributed by atoms with van der Waals surface area (Å²) in [5, 5.41) is 0. The second kappa shape index (κ2) is 7.63. The Bertz CT molecular complexity index is 278. The van der Waals surface area contributed by atoms with Crippen LogP contribution in [-0.2, 0) is 0 Å². The Kier molecular flexibility index (Phi) is 7.30. The molecule has 4 N–H and O–H groups in total.